The molecule has 1 aliphatic carbocycles. The second-order valence-corrected chi connectivity index (χ2v) is 5.64. The van der Waals surface area contributed by atoms with E-state index < -0.39 is 0 Å². The number of benzene rings is 2. The van der Waals surface area contributed by atoms with Gasteiger partial charge in [0.25, 0.3) is 0 Å². The second-order valence-electron chi connectivity index (χ2n) is 5.64. The number of anilines is 1. The fourth-order valence-electron chi connectivity index (χ4n) is 2.65. The van der Waals surface area contributed by atoms with Crippen molar-refractivity contribution in [3.63, 3.8) is 0 Å². The van der Waals surface area contributed by atoms with Gasteiger partial charge in [-0.2, -0.15) is 0 Å². The van der Waals surface area contributed by atoms with Gasteiger partial charge in [0.15, 0.2) is 0 Å². The molecule has 0 bridgehead atoms. The summed E-state index contributed by atoms with van der Waals surface area (Å²) in [5.74, 6) is 1.32. The van der Waals surface area contributed by atoms with E-state index in [1.807, 2.05) is 25.1 Å². The summed E-state index contributed by atoms with van der Waals surface area (Å²) in [7, 11) is 1.67. The molecule has 2 nitrogen and oxygen atoms in total. The van der Waals surface area contributed by atoms with Crippen LogP contribution in [0.25, 0.3) is 0 Å². The number of halogens is 1. The Bertz CT molecular complexity index is 620. The number of ether oxygens (including phenoxy) is 1. The molecule has 0 saturated heterocycles. The van der Waals surface area contributed by atoms with Crippen molar-refractivity contribution in [3.05, 3.63) is 59.4 Å². The molecule has 110 valence electrons. The van der Waals surface area contributed by atoms with E-state index in [-0.39, 0.29) is 11.9 Å². The maximum absolute atomic E-state index is 13.7. The van der Waals surface area contributed by atoms with E-state index in [0.717, 1.165) is 11.4 Å². The number of hydrogen-bond donors (Lipinski definition) is 1. The summed E-state index contributed by atoms with van der Waals surface area (Å²) in [6, 6.07) is 13.6. The van der Waals surface area contributed by atoms with Crippen molar-refractivity contribution in [2.45, 2.75) is 25.8 Å². The molecule has 1 aliphatic rings. The highest BCUT2D eigenvalue weighted by molar-refractivity contribution is 5.53. The lowest BCUT2D eigenvalue weighted by Gasteiger charge is -2.22. The molecule has 2 aromatic rings. The Balaban J connectivity index is 1.86. The van der Waals surface area contributed by atoms with Crippen molar-refractivity contribution in [2.75, 3.05) is 12.4 Å². The summed E-state index contributed by atoms with van der Waals surface area (Å²) in [6.07, 6.45) is 2.44. The molecule has 0 aliphatic heterocycles. The third-order valence-electron chi connectivity index (χ3n) is 4.15. The van der Waals surface area contributed by atoms with Crippen LogP contribution >= 0.6 is 0 Å². The van der Waals surface area contributed by atoms with Gasteiger partial charge in [0.2, 0.25) is 0 Å². The van der Waals surface area contributed by atoms with E-state index in [4.69, 9.17) is 4.74 Å². The molecule has 1 N–H and O–H groups in total. The minimum Gasteiger partial charge on any atom is -0.497 e. The summed E-state index contributed by atoms with van der Waals surface area (Å²) >= 11 is 0. The zero-order chi connectivity index (χ0) is 14.8. The summed E-state index contributed by atoms with van der Waals surface area (Å²) in [5, 5.41) is 3.52. The summed E-state index contributed by atoms with van der Waals surface area (Å²) in [6.45, 7) is 1.82. The molecule has 1 unspecified atom stereocenters. The lowest BCUT2D eigenvalue weighted by Crippen LogP contribution is -2.14. The molecule has 0 amide bonds. The lowest BCUT2D eigenvalue weighted by molar-refractivity contribution is 0.414. The molecule has 1 fully saturated rings. The van der Waals surface area contributed by atoms with E-state index >= 15 is 0 Å². The van der Waals surface area contributed by atoms with Crippen LogP contribution in [0, 0.1) is 18.7 Å². The maximum atomic E-state index is 13.7. The van der Waals surface area contributed by atoms with Crippen LogP contribution in [0.4, 0.5) is 10.1 Å². The third-order valence-corrected chi connectivity index (χ3v) is 4.15. The van der Waals surface area contributed by atoms with Gasteiger partial charge in [0.1, 0.15) is 11.6 Å². The Labute approximate surface area is 125 Å². The van der Waals surface area contributed by atoms with E-state index in [1.54, 1.807) is 13.2 Å². The van der Waals surface area contributed by atoms with Crippen LogP contribution in [0.15, 0.2) is 42.5 Å². The van der Waals surface area contributed by atoms with E-state index in [0.29, 0.717) is 11.5 Å². The normalized spacial score (nSPS) is 15.6. The molecule has 2 aromatic carbocycles. The molecule has 0 spiro atoms. The predicted octanol–water partition coefficient (Wildman–Crippen LogP) is 4.71. The number of nitrogens with one attached hydrogen (secondary N) is 1. The van der Waals surface area contributed by atoms with Crippen LogP contribution < -0.4 is 10.1 Å². The zero-order valence-electron chi connectivity index (χ0n) is 12.4. The standard InChI is InChI=1S/C18H20FNO/c1-12-16(19)4-3-5-17(12)20-18(13-6-7-13)14-8-10-15(21-2)11-9-14/h3-5,8-11,13,18,20H,6-7H2,1-2H3. The molecule has 1 saturated carbocycles. The highest BCUT2D eigenvalue weighted by Gasteiger charge is 2.32. The van der Waals surface area contributed by atoms with Crippen molar-refractivity contribution in [3.8, 4) is 5.75 Å². The number of rotatable bonds is 5. The van der Waals surface area contributed by atoms with Gasteiger partial charge in [-0.15, -0.1) is 0 Å². The van der Waals surface area contributed by atoms with Gasteiger partial charge in [-0.3, -0.25) is 0 Å². The Morgan fingerprint density at radius 1 is 1.14 bits per heavy atom. The molecule has 3 rings (SSSR count). The Morgan fingerprint density at radius 3 is 2.48 bits per heavy atom. The Kier molecular flexibility index (Phi) is 3.82. The van der Waals surface area contributed by atoms with Crippen LogP contribution in [-0.4, -0.2) is 7.11 Å². The maximum Gasteiger partial charge on any atom is 0.128 e. The van der Waals surface area contributed by atoms with Gasteiger partial charge in [0.05, 0.1) is 13.2 Å². The smallest absolute Gasteiger partial charge is 0.128 e. The minimum absolute atomic E-state index is 0.163. The Morgan fingerprint density at radius 2 is 1.86 bits per heavy atom. The zero-order valence-corrected chi connectivity index (χ0v) is 12.4. The monoisotopic (exact) mass is 285 g/mol. The first-order chi connectivity index (χ1) is 10.2. The molecule has 3 heteroatoms. The quantitative estimate of drug-likeness (QED) is 0.859. The van der Waals surface area contributed by atoms with Crippen LogP contribution in [0.5, 0.6) is 5.75 Å². The third kappa shape index (κ3) is 3.02. The molecule has 0 radical (unpaired) electrons. The van der Waals surface area contributed by atoms with Crippen LogP contribution in [0.2, 0.25) is 0 Å². The number of hydrogen-bond acceptors (Lipinski definition) is 2. The SMILES string of the molecule is COc1ccc(C(Nc2cccc(F)c2C)C2CC2)cc1. The minimum atomic E-state index is -0.163. The lowest BCUT2D eigenvalue weighted by atomic mass is 10.0. The molecular formula is C18H20FNO. The van der Waals surface area contributed by atoms with Gasteiger partial charge in [-0.25, -0.2) is 4.39 Å². The average Bonchev–Trinajstić information content (AvgIpc) is 3.34. The van der Waals surface area contributed by atoms with Crippen molar-refractivity contribution in [2.24, 2.45) is 5.92 Å². The summed E-state index contributed by atoms with van der Waals surface area (Å²) < 4.78 is 18.9. The fourth-order valence-corrected chi connectivity index (χ4v) is 2.65. The first-order valence-electron chi connectivity index (χ1n) is 7.34. The molecule has 1 atom stereocenters. The van der Waals surface area contributed by atoms with Gasteiger partial charge >= 0.3 is 0 Å². The second kappa shape index (κ2) is 5.76. The summed E-state index contributed by atoms with van der Waals surface area (Å²) in [4.78, 5) is 0. The first kappa shape index (κ1) is 13.9. The van der Waals surface area contributed by atoms with Crippen LogP contribution in [-0.2, 0) is 0 Å². The topological polar surface area (TPSA) is 21.3 Å². The fraction of sp³-hybridized carbons (Fsp3) is 0.333. The van der Waals surface area contributed by atoms with Crippen LogP contribution in [0.1, 0.15) is 30.0 Å². The van der Waals surface area contributed by atoms with E-state index in [1.165, 1.54) is 24.5 Å². The molecule has 0 aromatic heterocycles. The molecule has 21 heavy (non-hydrogen) atoms. The van der Waals surface area contributed by atoms with Crippen molar-refractivity contribution in [1.82, 2.24) is 0 Å². The van der Waals surface area contributed by atoms with Crippen molar-refractivity contribution < 1.29 is 9.13 Å². The van der Waals surface area contributed by atoms with Crippen molar-refractivity contribution >= 4 is 5.69 Å². The van der Waals surface area contributed by atoms with Gasteiger partial charge in [-0.05, 0) is 55.5 Å². The van der Waals surface area contributed by atoms with E-state index in [2.05, 4.69) is 17.4 Å². The van der Waals surface area contributed by atoms with Gasteiger partial charge in [-0.1, -0.05) is 18.2 Å². The largest absolute Gasteiger partial charge is 0.497 e. The highest BCUT2D eigenvalue weighted by atomic mass is 19.1. The van der Waals surface area contributed by atoms with E-state index in [9.17, 15) is 4.39 Å². The summed E-state index contributed by atoms with van der Waals surface area (Å²) in [5.41, 5.74) is 2.78. The predicted molar refractivity (Wildman–Crippen MR) is 83.2 cm³/mol. The number of methoxy groups -OCH3 is 1. The average molecular weight is 285 g/mol. The van der Waals surface area contributed by atoms with Crippen molar-refractivity contribution in [1.29, 1.82) is 0 Å². The Hall–Kier alpha value is -2.03. The molecular weight excluding hydrogens is 265 g/mol. The van der Waals surface area contributed by atoms with Gasteiger partial charge < -0.3 is 10.1 Å². The molecule has 0 heterocycles. The first-order valence-corrected chi connectivity index (χ1v) is 7.34. The highest BCUT2D eigenvalue weighted by Crippen LogP contribution is 2.43. The van der Waals surface area contributed by atoms with Crippen LogP contribution in [0.3, 0.4) is 0 Å². The van der Waals surface area contributed by atoms with Gasteiger partial charge in [0, 0.05) is 11.3 Å².